The third kappa shape index (κ3) is 7.07. The summed E-state index contributed by atoms with van der Waals surface area (Å²) in [6, 6.07) is 0. The highest BCUT2D eigenvalue weighted by Gasteiger charge is 2.23. The van der Waals surface area contributed by atoms with Crippen molar-refractivity contribution < 1.29 is 23.8 Å². The van der Waals surface area contributed by atoms with E-state index in [0.29, 0.717) is 19.6 Å². The SMILES string of the molecule is C=C(CC(=O)O[C@H](CCC)CCCC)C(=O)OC1CCOC1. The van der Waals surface area contributed by atoms with Crippen LogP contribution in [-0.2, 0) is 23.8 Å². The van der Waals surface area contributed by atoms with Crippen LogP contribution < -0.4 is 0 Å². The van der Waals surface area contributed by atoms with Gasteiger partial charge in [-0.05, 0) is 12.8 Å². The third-order valence-corrected chi connectivity index (χ3v) is 3.60. The number of hydrogen-bond donors (Lipinski definition) is 0. The lowest BCUT2D eigenvalue weighted by Gasteiger charge is -2.17. The van der Waals surface area contributed by atoms with Gasteiger partial charge in [-0.25, -0.2) is 4.79 Å². The summed E-state index contributed by atoms with van der Waals surface area (Å²) in [5.74, 6) is -0.938. The Labute approximate surface area is 133 Å². The zero-order valence-electron chi connectivity index (χ0n) is 13.8. The Balaban J connectivity index is 2.34. The first kappa shape index (κ1) is 18.7. The summed E-state index contributed by atoms with van der Waals surface area (Å²) in [5, 5.41) is 0. The molecule has 1 fully saturated rings. The Kier molecular flexibility index (Phi) is 8.82. The van der Waals surface area contributed by atoms with Crippen LogP contribution >= 0.6 is 0 Å². The lowest BCUT2D eigenvalue weighted by Crippen LogP contribution is -2.22. The van der Waals surface area contributed by atoms with Gasteiger partial charge in [0.2, 0.25) is 0 Å². The molecule has 0 radical (unpaired) electrons. The molecule has 0 spiro atoms. The van der Waals surface area contributed by atoms with E-state index in [0.717, 1.165) is 32.1 Å². The number of esters is 2. The van der Waals surface area contributed by atoms with Crippen molar-refractivity contribution in [3.05, 3.63) is 12.2 Å². The molecule has 1 aliphatic rings. The normalized spacial score (nSPS) is 18.7. The molecule has 22 heavy (non-hydrogen) atoms. The Hall–Kier alpha value is -1.36. The average Bonchev–Trinajstić information content (AvgIpc) is 2.97. The van der Waals surface area contributed by atoms with Crippen molar-refractivity contribution in [3.8, 4) is 0 Å². The summed E-state index contributed by atoms with van der Waals surface area (Å²) >= 11 is 0. The molecule has 126 valence electrons. The van der Waals surface area contributed by atoms with Gasteiger partial charge in [0.15, 0.2) is 0 Å². The highest BCUT2D eigenvalue weighted by molar-refractivity contribution is 5.93. The maximum Gasteiger partial charge on any atom is 0.334 e. The van der Waals surface area contributed by atoms with Crippen LogP contribution in [0.2, 0.25) is 0 Å². The fourth-order valence-electron chi connectivity index (χ4n) is 2.33. The number of carbonyl (C=O) groups is 2. The minimum absolute atomic E-state index is 0.0653. The van der Waals surface area contributed by atoms with E-state index in [1.807, 2.05) is 0 Å². The first-order valence-corrected chi connectivity index (χ1v) is 8.22. The second-order valence-corrected chi connectivity index (χ2v) is 5.71. The van der Waals surface area contributed by atoms with Crippen molar-refractivity contribution in [1.82, 2.24) is 0 Å². The smallest absolute Gasteiger partial charge is 0.334 e. The van der Waals surface area contributed by atoms with Gasteiger partial charge in [-0.3, -0.25) is 4.79 Å². The summed E-state index contributed by atoms with van der Waals surface area (Å²) in [5.41, 5.74) is 0.141. The first-order chi connectivity index (χ1) is 10.6. The second-order valence-electron chi connectivity index (χ2n) is 5.71. The first-order valence-electron chi connectivity index (χ1n) is 8.22. The molecule has 0 aromatic rings. The van der Waals surface area contributed by atoms with Crippen molar-refractivity contribution in [2.75, 3.05) is 13.2 Å². The van der Waals surface area contributed by atoms with E-state index in [4.69, 9.17) is 14.2 Å². The summed E-state index contributed by atoms with van der Waals surface area (Å²) in [6.07, 6.45) is 5.07. The predicted octanol–water partition coefficient (Wildman–Crippen LogP) is 3.17. The molecule has 0 aromatic heterocycles. The number of unbranched alkanes of at least 4 members (excludes halogenated alkanes) is 1. The highest BCUT2D eigenvalue weighted by atomic mass is 16.6. The maximum absolute atomic E-state index is 11.9. The van der Waals surface area contributed by atoms with Crippen molar-refractivity contribution in [2.24, 2.45) is 0 Å². The monoisotopic (exact) mass is 312 g/mol. The van der Waals surface area contributed by atoms with Gasteiger partial charge in [0.1, 0.15) is 12.2 Å². The van der Waals surface area contributed by atoms with Crippen LogP contribution in [-0.4, -0.2) is 37.4 Å². The van der Waals surface area contributed by atoms with Crippen LogP contribution in [0.25, 0.3) is 0 Å². The van der Waals surface area contributed by atoms with Crippen LogP contribution in [0.3, 0.4) is 0 Å². The average molecular weight is 312 g/mol. The third-order valence-electron chi connectivity index (χ3n) is 3.60. The molecule has 1 rings (SSSR count). The van der Waals surface area contributed by atoms with Crippen molar-refractivity contribution in [1.29, 1.82) is 0 Å². The quantitative estimate of drug-likeness (QED) is 0.458. The van der Waals surface area contributed by atoms with Gasteiger partial charge in [-0.1, -0.05) is 39.7 Å². The van der Waals surface area contributed by atoms with Gasteiger partial charge in [-0.2, -0.15) is 0 Å². The Morgan fingerprint density at radius 3 is 2.64 bits per heavy atom. The number of carbonyl (C=O) groups excluding carboxylic acids is 2. The van der Waals surface area contributed by atoms with Crippen LogP contribution in [0.15, 0.2) is 12.2 Å². The van der Waals surface area contributed by atoms with E-state index in [9.17, 15) is 9.59 Å². The fraction of sp³-hybridized carbons (Fsp3) is 0.765. The van der Waals surface area contributed by atoms with E-state index in [-0.39, 0.29) is 24.2 Å². The molecule has 5 nitrogen and oxygen atoms in total. The van der Waals surface area contributed by atoms with Crippen molar-refractivity contribution in [3.63, 3.8) is 0 Å². The molecule has 5 heteroatoms. The molecule has 1 aliphatic heterocycles. The van der Waals surface area contributed by atoms with E-state index < -0.39 is 11.9 Å². The second kappa shape index (κ2) is 10.4. The minimum Gasteiger partial charge on any atom is -0.462 e. The van der Waals surface area contributed by atoms with Crippen LogP contribution in [0, 0.1) is 0 Å². The summed E-state index contributed by atoms with van der Waals surface area (Å²) in [4.78, 5) is 23.8. The molecule has 0 saturated carbocycles. The van der Waals surface area contributed by atoms with Crippen LogP contribution in [0.4, 0.5) is 0 Å². The zero-order valence-corrected chi connectivity index (χ0v) is 13.8. The van der Waals surface area contributed by atoms with Gasteiger partial charge >= 0.3 is 11.9 Å². The highest BCUT2D eigenvalue weighted by Crippen LogP contribution is 2.15. The van der Waals surface area contributed by atoms with Crippen molar-refractivity contribution in [2.45, 2.75) is 71.0 Å². The molecule has 2 atom stereocenters. The largest absolute Gasteiger partial charge is 0.462 e. The zero-order chi connectivity index (χ0) is 16.4. The lowest BCUT2D eigenvalue weighted by molar-refractivity contribution is -0.152. The van der Waals surface area contributed by atoms with Gasteiger partial charge in [-0.15, -0.1) is 0 Å². The Bertz CT molecular complexity index is 371. The van der Waals surface area contributed by atoms with Crippen LogP contribution in [0.5, 0.6) is 0 Å². The van der Waals surface area contributed by atoms with E-state index in [2.05, 4.69) is 20.4 Å². The number of rotatable bonds is 10. The molecular formula is C17H28O5. The predicted molar refractivity (Wildman–Crippen MR) is 83.4 cm³/mol. The minimum atomic E-state index is -0.534. The Morgan fingerprint density at radius 2 is 2.05 bits per heavy atom. The fourth-order valence-corrected chi connectivity index (χ4v) is 2.33. The Morgan fingerprint density at radius 1 is 1.27 bits per heavy atom. The summed E-state index contributed by atoms with van der Waals surface area (Å²) in [7, 11) is 0. The number of ether oxygens (including phenoxy) is 3. The molecule has 0 amide bonds. The molecule has 0 aromatic carbocycles. The van der Waals surface area contributed by atoms with E-state index >= 15 is 0 Å². The molecule has 1 unspecified atom stereocenters. The maximum atomic E-state index is 11.9. The molecular weight excluding hydrogens is 284 g/mol. The van der Waals surface area contributed by atoms with Crippen LogP contribution in [0.1, 0.15) is 58.8 Å². The van der Waals surface area contributed by atoms with Crippen molar-refractivity contribution >= 4 is 11.9 Å². The number of hydrogen-bond acceptors (Lipinski definition) is 5. The molecule has 0 N–H and O–H groups in total. The topological polar surface area (TPSA) is 61.8 Å². The van der Waals surface area contributed by atoms with Gasteiger partial charge in [0.25, 0.3) is 0 Å². The summed E-state index contributed by atoms with van der Waals surface area (Å²) in [6.45, 7) is 8.82. The standard InChI is InChI=1S/C17H28O5/c1-4-6-8-14(7-5-2)21-16(18)11-13(3)17(19)22-15-9-10-20-12-15/h14-15H,3-12H2,1-2H3/t14-,15?/m1/s1. The van der Waals surface area contributed by atoms with Gasteiger partial charge in [0, 0.05) is 12.0 Å². The lowest BCUT2D eigenvalue weighted by atomic mass is 10.1. The van der Waals surface area contributed by atoms with Gasteiger partial charge in [0.05, 0.1) is 19.6 Å². The molecule has 1 heterocycles. The summed E-state index contributed by atoms with van der Waals surface area (Å²) < 4.78 is 15.8. The van der Waals surface area contributed by atoms with Gasteiger partial charge < -0.3 is 14.2 Å². The molecule has 0 bridgehead atoms. The molecule has 1 saturated heterocycles. The molecule has 0 aliphatic carbocycles. The van der Waals surface area contributed by atoms with E-state index in [1.54, 1.807) is 0 Å². The van der Waals surface area contributed by atoms with E-state index in [1.165, 1.54) is 0 Å².